The number of ether oxygens (including phenoxy) is 1. The zero-order valence-corrected chi connectivity index (χ0v) is 13.2. The lowest BCUT2D eigenvalue weighted by molar-refractivity contribution is -0.138. The molecule has 2 aromatic rings. The molecule has 0 N–H and O–H groups in total. The van der Waals surface area contributed by atoms with Crippen LogP contribution in [0.5, 0.6) is 0 Å². The van der Waals surface area contributed by atoms with Gasteiger partial charge >= 0.3 is 5.97 Å². The van der Waals surface area contributed by atoms with Crippen molar-refractivity contribution in [2.75, 3.05) is 6.61 Å². The van der Waals surface area contributed by atoms with Crippen LogP contribution in [-0.4, -0.2) is 12.6 Å². The Kier molecular flexibility index (Phi) is 5.96. The molecule has 0 unspecified atom stereocenters. The summed E-state index contributed by atoms with van der Waals surface area (Å²) in [4.78, 5) is 11.8. The smallest absolute Gasteiger partial charge is 0.333 e. The number of esters is 1. The van der Waals surface area contributed by atoms with Crippen LogP contribution >= 0.6 is 0 Å². The molecule has 0 spiro atoms. The molecular formula is C20H22O2. The van der Waals surface area contributed by atoms with Crippen molar-refractivity contribution in [3.8, 4) is 11.1 Å². The van der Waals surface area contributed by atoms with Crippen LogP contribution in [0.1, 0.15) is 32.3 Å². The van der Waals surface area contributed by atoms with Gasteiger partial charge in [-0.2, -0.15) is 0 Å². The lowest BCUT2D eigenvalue weighted by atomic mass is 10.0. The maximum atomic E-state index is 11.8. The monoisotopic (exact) mass is 294 g/mol. The van der Waals surface area contributed by atoms with Crippen LogP contribution in [0.25, 0.3) is 17.2 Å². The molecule has 22 heavy (non-hydrogen) atoms. The second-order valence-corrected chi connectivity index (χ2v) is 5.30. The minimum Gasteiger partial charge on any atom is -0.462 e. The van der Waals surface area contributed by atoms with Crippen LogP contribution in [0.4, 0.5) is 0 Å². The Bertz CT molecular complexity index is 625. The zero-order valence-electron chi connectivity index (χ0n) is 13.2. The zero-order chi connectivity index (χ0) is 15.8. The Morgan fingerprint density at radius 2 is 1.64 bits per heavy atom. The van der Waals surface area contributed by atoms with E-state index in [1.807, 2.05) is 36.4 Å². The molecule has 0 heterocycles. The fourth-order valence-electron chi connectivity index (χ4n) is 2.13. The van der Waals surface area contributed by atoms with Crippen LogP contribution in [0.3, 0.4) is 0 Å². The molecule has 0 atom stereocenters. The van der Waals surface area contributed by atoms with E-state index < -0.39 is 0 Å². The van der Waals surface area contributed by atoms with Gasteiger partial charge in [-0.25, -0.2) is 4.79 Å². The van der Waals surface area contributed by atoms with Crippen LogP contribution < -0.4 is 0 Å². The second-order valence-electron chi connectivity index (χ2n) is 5.30. The van der Waals surface area contributed by atoms with Crippen LogP contribution in [0.15, 0.2) is 60.2 Å². The highest BCUT2D eigenvalue weighted by Crippen LogP contribution is 2.20. The van der Waals surface area contributed by atoms with Crippen molar-refractivity contribution in [3.05, 3.63) is 65.7 Å². The van der Waals surface area contributed by atoms with Gasteiger partial charge in [-0.15, -0.1) is 0 Å². The first-order chi connectivity index (χ1) is 10.7. The summed E-state index contributed by atoms with van der Waals surface area (Å²) in [7, 11) is 0. The first kappa shape index (κ1) is 16.0. The number of benzene rings is 2. The van der Waals surface area contributed by atoms with Crippen LogP contribution in [0, 0.1) is 0 Å². The van der Waals surface area contributed by atoms with Gasteiger partial charge in [0.15, 0.2) is 0 Å². The van der Waals surface area contributed by atoms with E-state index in [1.165, 1.54) is 11.1 Å². The van der Waals surface area contributed by atoms with Crippen molar-refractivity contribution in [2.24, 2.45) is 0 Å². The second kappa shape index (κ2) is 8.18. The summed E-state index contributed by atoms with van der Waals surface area (Å²) in [6, 6.07) is 18.4. The van der Waals surface area contributed by atoms with Crippen molar-refractivity contribution in [1.29, 1.82) is 0 Å². The van der Waals surface area contributed by atoms with Crippen molar-refractivity contribution in [3.63, 3.8) is 0 Å². The summed E-state index contributed by atoms with van der Waals surface area (Å²) in [6.45, 7) is 4.36. The summed E-state index contributed by atoms with van der Waals surface area (Å²) in [5.41, 5.74) is 3.99. The Morgan fingerprint density at radius 1 is 1.00 bits per heavy atom. The van der Waals surface area contributed by atoms with Gasteiger partial charge in [0.05, 0.1) is 6.61 Å². The molecular weight excluding hydrogens is 272 g/mol. The minimum atomic E-state index is -0.236. The number of rotatable bonds is 6. The Labute approximate surface area is 132 Å². The molecule has 0 saturated heterocycles. The lowest BCUT2D eigenvalue weighted by Crippen LogP contribution is -2.06. The fraction of sp³-hybridized carbons (Fsp3) is 0.250. The van der Waals surface area contributed by atoms with Gasteiger partial charge in [0.2, 0.25) is 0 Å². The van der Waals surface area contributed by atoms with E-state index in [2.05, 4.69) is 31.2 Å². The first-order valence-electron chi connectivity index (χ1n) is 7.71. The third kappa shape index (κ3) is 4.59. The highest BCUT2D eigenvalue weighted by atomic mass is 16.5. The lowest BCUT2D eigenvalue weighted by Gasteiger charge is -2.05. The molecule has 114 valence electrons. The molecule has 2 nitrogen and oxygen atoms in total. The van der Waals surface area contributed by atoms with E-state index >= 15 is 0 Å². The number of carbonyl (C=O) groups excluding carboxylic acids is 1. The normalized spacial score (nSPS) is 11.3. The predicted molar refractivity (Wildman–Crippen MR) is 91.4 cm³/mol. The van der Waals surface area contributed by atoms with Gasteiger partial charge < -0.3 is 4.74 Å². The Hall–Kier alpha value is -2.35. The van der Waals surface area contributed by atoms with E-state index in [-0.39, 0.29) is 5.97 Å². The summed E-state index contributed by atoms with van der Waals surface area (Å²) in [5, 5.41) is 0. The van der Waals surface area contributed by atoms with Gasteiger partial charge in [0.25, 0.3) is 0 Å². The van der Waals surface area contributed by atoms with Crippen molar-refractivity contribution < 1.29 is 9.53 Å². The van der Waals surface area contributed by atoms with E-state index in [0.717, 1.165) is 18.4 Å². The van der Waals surface area contributed by atoms with Gasteiger partial charge in [-0.05, 0) is 36.1 Å². The van der Waals surface area contributed by atoms with E-state index in [9.17, 15) is 4.79 Å². The molecule has 2 rings (SSSR count). The maximum Gasteiger partial charge on any atom is 0.333 e. The molecule has 0 aliphatic carbocycles. The maximum absolute atomic E-state index is 11.8. The molecule has 2 aromatic carbocycles. The van der Waals surface area contributed by atoms with Crippen molar-refractivity contribution >= 4 is 12.0 Å². The molecule has 0 radical (unpaired) electrons. The number of unbranched alkanes of at least 4 members (excludes halogenated alkanes) is 1. The Balaban J connectivity index is 2.04. The van der Waals surface area contributed by atoms with Gasteiger partial charge in [-0.3, -0.25) is 0 Å². The summed E-state index contributed by atoms with van der Waals surface area (Å²) in [6.07, 6.45) is 3.80. The standard InChI is InChI=1S/C20H22O2/c1-3-4-14-22-20(21)16(2)15-17-10-12-19(13-11-17)18-8-6-5-7-9-18/h5-13,15H,3-4,14H2,1-2H3/b16-15+. The summed E-state index contributed by atoms with van der Waals surface area (Å²) in [5.74, 6) is -0.236. The average Bonchev–Trinajstić information content (AvgIpc) is 2.56. The molecule has 0 bridgehead atoms. The van der Waals surface area contributed by atoms with E-state index in [4.69, 9.17) is 4.74 Å². The predicted octanol–water partition coefficient (Wildman–Crippen LogP) is 5.10. The topological polar surface area (TPSA) is 26.3 Å². The van der Waals surface area contributed by atoms with Crippen molar-refractivity contribution in [2.45, 2.75) is 26.7 Å². The fourth-order valence-corrected chi connectivity index (χ4v) is 2.13. The summed E-state index contributed by atoms with van der Waals surface area (Å²) >= 11 is 0. The van der Waals surface area contributed by atoms with E-state index in [0.29, 0.717) is 12.2 Å². The van der Waals surface area contributed by atoms with Gasteiger partial charge in [0, 0.05) is 5.57 Å². The Morgan fingerprint density at radius 3 is 2.27 bits per heavy atom. The molecule has 0 saturated carbocycles. The number of hydrogen-bond donors (Lipinski definition) is 0. The van der Waals surface area contributed by atoms with Gasteiger partial charge in [-0.1, -0.05) is 67.9 Å². The first-order valence-corrected chi connectivity index (χ1v) is 7.71. The molecule has 2 heteroatoms. The minimum absolute atomic E-state index is 0.236. The molecule has 0 fully saturated rings. The van der Waals surface area contributed by atoms with Gasteiger partial charge in [0.1, 0.15) is 0 Å². The third-order valence-electron chi connectivity index (χ3n) is 3.45. The molecule has 0 aliphatic heterocycles. The molecule has 0 amide bonds. The van der Waals surface area contributed by atoms with Crippen molar-refractivity contribution in [1.82, 2.24) is 0 Å². The highest BCUT2D eigenvalue weighted by molar-refractivity contribution is 5.93. The quantitative estimate of drug-likeness (QED) is 0.421. The SMILES string of the molecule is CCCCOC(=O)/C(C)=C/c1ccc(-c2ccccc2)cc1. The van der Waals surface area contributed by atoms with Crippen LogP contribution in [0.2, 0.25) is 0 Å². The average molecular weight is 294 g/mol. The largest absolute Gasteiger partial charge is 0.462 e. The molecule has 0 aromatic heterocycles. The van der Waals surface area contributed by atoms with E-state index in [1.54, 1.807) is 6.92 Å². The molecule has 0 aliphatic rings. The van der Waals surface area contributed by atoms with Crippen LogP contribution in [-0.2, 0) is 9.53 Å². The highest BCUT2D eigenvalue weighted by Gasteiger charge is 2.05. The third-order valence-corrected chi connectivity index (χ3v) is 3.45. The number of carbonyl (C=O) groups is 1. The number of hydrogen-bond acceptors (Lipinski definition) is 2. The summed E-state index contributed by atoms with van der Waals surface area (Å²) < 4.78 is 5.20.